The molecule has 0 aliphatic heterocycles. The van der Waals surface area contributed by atoms with E-state index in [1.165, 1.54) is 173 Å². The number of carbonyl (C=O) groups is 2. The Bertz CT molecular complexity index is 1100. The average Bonchev–Trinajstić information content (AvgIpc) is 3.30. The summed E-state index contributed by atoms with van der Waals surface area (Å²) in [5, 5.41) is 0. The summed E-state index contributed by atoms with van der Waals surface area (Å²) in [7, 11) is 0. The van der Waals surface area contributed by atoms with E-state index in [4.69, 9.17) is 14.2 Å². The second kappa shape index (κ2) is 54.9. The molecule has 0 radical (unpaired) electrons. The summed E-state index contributed by atoms with van der Waals surface area (Å²) >= 11 is 0. The quantitative estimate of drug-likeness (QED) is 0.0346. The molecule has 0 aromatic carbocycles. The van der Waals surface area contributed by atoms with Crippen LogP contribution in [0, 0.1) is 0 Å². The van der Waals surface area contributed by atoms with Crippen molar-refractivity contribution in [2.75, 3.05) is 19.8 Å². The molecule has 0 heterocycles. The summed E-state index contributed by atoms with van der Waals surface area (Å²) < 4.78 is 17.4. The van der Waals surface area contributed by atoms with E-state index in [0.717, 1.165) is 70.6 Å². The fraction of sp³-hybridized carbons (Fsp3) is 0.797. The van der Waals surface area contributed by atoms with Crippen LogP contribution >= 0.6 is 0 Å². The lowest BCUT2D eigenvalue weighted by Crippen LogP contribution is -2.30. The largest absolute Gasteiger partial charge is 0.462 e. The van der Waals surface area contributed by atoms with Crippen LogP contribution in [0.1, 0.15) is 278 Å². The van der Waals surface area contributed by atoms with Crippen molar-refractivity contribution in [1.29, 1.82) is 0 Å². The van der Waals surface area contributed by atoms with Crippen molar-refractivity contribution in [1.82, 2.24) is 0 Å². The summed E-state index contributed by atoms with van der Waals surface area (Å²) in [6.07, 6.45) is 69.5. The fourth-order valence-electron chi connectivity index (χ4n) is 7.85. The van der Waals surface area contributed by atoms with Crippen molar-refractivity contribution in [3.05, 3.63) is 60.8 Å². The number of allylic oxidation sites excluding steroid dienone is 10. The van der Waals surface area contributed by atoms with Crippen LogP contribution in [0.3, 0.4) is 0 Å². The van der Waals surface area contributed by atoms with Gasteiger partial charge < -0.3 is 14.2 Å². The number of esters is 2. The Kier molecular flexibility index (Phi) is 52.9. The summed E-state index contributed by atoms with van der Waals surface area (Å²) in [5.41, 5.74) is 0. The molecule has 0 aliphatic rings. The first-order valence-electron chi connectivity index (χ1n) is 27.8. The number of carbonyl (C=O) groups excluding carboxylic acids is 2. The van der Waals surface area contributed by atoms with Gasteiger partial charge in [-0.1, -0.05) is 242 Å². The average molecular weight is 895 g/mol. The van der Waals surface area contributed by atoms with Crippen LogP contribution in [0.2, 0.25) is 0 Å². The van der Waals surface area contributed by atoms with Crippen LogP contribution in [0.4, 0.5) is 0 Å². The Labute approximate surface area is 398 Å². The highest BCUT2D eigenvalue weighted by molar-refractivity contribution is 5.70. The first-order chi connectivity index (χ1) is 31.6. The fourth-order valence-corrected chi connectivity index (χ4v) is 7.85. The van der Waals surface area contributed by atoms with Gasteiger partial charge in [-0.05, 0) is 83.5 Å². The minimum atomic E-state index is -0.567. The van der Waals surface area contributed by atoms with Gasteiger partial charge in [0.1, 0.15) is 6.61 Å². The minimum absolute atomic E-state index is 0.0613. The van der Waals surface area contributed by atoms with Crippen molar-refractivity contribution in [2.45, 2.75) is 284 Å². The highest BCUT2D eigenvalue weighted by Crippen LogP contribution is 2.15. The van der Waals surface area contributed by atoms with Gasteiger partial charge in [0.05, 0.1) is 6.61 Å². The molecule has 64 heavy (non-hydrogen) atoms. The SMILES string of the molecule is CCCCC/C=C\C/C=C\C/C=C\C/C=C\CCCC(=O)O[C@H](COCCCCCCCCCCCCCCCCCC)COC(=O)CCCCCCC/C=C\CCCCCCCC. The van der Waals surface area contributed by atoms with Crippen molar-refractivity contribution >= 4 is 11.9 Å². The first-order valence-corrected chi connectivity index (χ1v) is 27.8. The van der Waals surface area contributed by atoms with Crippen LogP contribution in [0.5, 0.6) is 0 Å². The number of unbranched alkanes of at least 4 members (excludes halogenated alkanes) is 30. The molecule has 0 fully saturated rings. The Morgan fingerprint density at radius 1 is 0.344 bits per heavy atom. The lowest BCUT2D eigenvalue weighted by atomic mass is 10.0. The molecule has 1 atom stereocenters. The predicted octanol–water partition coefficient (Wildman–Crippen LogP) is 18.9. The first kappa shape index (κ1) is 61.6. The lowest BCUT2D eigenvalue weighted by Gasteiger charge is -2.18. The van der Waals surface area contributed by atoms with Gasteiger partial charge in [-0.25, -0.2) is 0 Å². The molecule has 0 bridgehead atoms. The lowest BCUT2D eigenvalue weighted by molar-refractivity contribution is -0.162. The molecule has 0 saturated carbocycles. The molecule has 0 rings (SSSR count). The molecule has 0 aromatic rings. The van der Waals surface area contributed by atoms with E-state index < -0.39 is 6.10 Å². The molecule has 372 valence electrons. The maximum atomic E-state index is 12.8. The van der Waals surface area contributed by atoms with E-state index in [9.17, 15) is 9.59 Å². The van der Waals surface area contributed by atoms with Crippen LogP contribution < -0.4 is 0 Å². The second-order valence-corrected chi connectivity index (χ2v) is 18.5. The van der Waals surface area contributed by atoms with Gasteiger partial charge in [-0.2, -0.15) is 0 Å². The molecular formula is C59H106O5. The van der Waals surface area contributed by atoms with Crippen LogP contribution in [0.25, 0.3) is 0 Å². The van der Waals surface area contributed by atoms with E-state index in [2.05, 4.69) is 81.5 Å². The van der Waals surface area contributed by atoms with Crippen molar-refractivity contribution in [3.63, 3.8) is 0 Å². The van der Waals surface area contributed by atoms with Crippen LogP contribution in [0.15, 0.2) is 60.8 Å². The van der Waals surface area contributed by atoms with Gasteiger partial charge in [0.2, 0.25) is 0 Å². The predicted molar refractivity (Wildman–Crippen MR) is 279 cm³/mol. The monoisotopic (exact) mass is 895 g/mol. The molecule has 0 aromatic heterocycles. The van der Waals surface area contributed by atoms with Gasteiger partial charge >= 0.3 is 11.9 Å². The number of hydrogen-bond donors (Lipinski definition) is 0. The number of rotatable bonds is 51. The van der Waals surface area contributed by atoms with Crippen LogP contribution in [-0.2, 0) is 23.8 Å². The zero-order valence-electron chi connectivity index (χ0n) is 42.8. The Hall–Kier alpha value is -2.40. The van der Waals surface area contributed by atoms with E-state index in [0.29, 0.717) is 19.4 Å². The Balaban J connectivity index is 4.35. The van der Waals surface area contributed by atoms with E-state index in [-0.39, 0.29) is 25.2 Å². The highest BCUT2D eigenvalue weighted by Gasteiger charge is 2.17. The zero-order valence-corrected chi connectivity index (χ0v) is 42.8. The molecule has 0 aliphatic carbocycles. The van der Waals surface area contributed by atoms with Crippen molar-refractivity contribution < 1.29 is 23.8 Å². The maximum Gasteiger partial charge on any atom is 0.306 e. The smallest absolute Gasteiger partial charge is 0.306 e. The summed E-state index contributed by atoms with van der Waals surface area (Å²) in [4.78, 5) is 25.4. The standard InChI is InChI=1S/C59H106O5/c1-4-7-10-13-16-19-22-25-28-30-32-35-38-41-44-47-50-53-59(61)64-57(55-62-54-51-48-45-42-39-36-33-29-26-23-20-17-14-11-8-5-2)56-63-58(60)52-49-46-43-40-37-34-31-27-24-21-18-15-12-9-6-3/h16,19,25,27-28,31-32,35,41,44,57H,4-15,17-18,20-24,26,29-30,33-34,36-40,42-43,45-56H2,1-3H3/b19-16-,28-25-,31-27-,35-32-,44-41-/t57-/m1/s1. The summed E-state index contributed by atoms with van der Waals surface area (Å²) in [6.45, 7) is 7.77. The Morgan fingerprint density at radius 2 is 0.672 bits per heavy atom. The van der Waals surface area contributed by atoms with Crippen LogP contribution in [-0.4, -0.2) is 37.9 Å². The molecule has 0 amide bonds. The maximum absolute atomic E-state index is 12.8. The molecule has 0 unspecified atom stereocenters. The molecule has 0 spiro atoms. The van der Waals surface area contributed by atoms with Gasteiger partial charge in [-0.15, -0.1) is 0 Å². The van der Waals surface area contributed by atoms with Gasteiger partial charge in [0, 0.05) is 19.4 Å². The number of ether oxygens (including phenoxy) is 3. The highest BCUT2D eigenvalue weighted by atomic mass is 16.6. The van der Waals surface area contributed by atoms with E-state index in [1.54, 1.807) is 0 Å². The van der Waals surface area contributed by atoms with Gasteiger partial charge in [0.15, 0.2) is 6.10 Å². The molecular weight excluding hydrogens is 789 g/mol. The zero-order chi connectivity index (χ0) is 46.3. The van der Waals surface area contributed by atoms with Crippen molar-refractivity contribution in [2.24, 2.45) is 0 Å². The van der Waals surface area contributed by atoms with E-state index in [1.807, 2.05) is 0 Å². The van der Waals surface area contributed by atoms with Crippen molar-refractivity contribution in [3.8, 4) is 0 Å². The second-order valence-electron chi connectivity index (χ2n) is 18.5. The molecule has 5 heteroatoms. The third-order valence-electron chi connectivity index (χ3n) is 12.0. The minimum Gasteiger partial charge on any atom is -0.462 e. The summed E-state index contributed by atoms with van der Waals surface area (Å²) in [6, 6.07) is 0. The third-order valence-corrected chi connectivity index (χ3v) is 12.0. The number of hydrogen-bond acceptors (Lipinski definition) is 5. The summed E-state index contributed by atoms with van der Waals surface area (Å²) in [5.74, 6) is -0.461. The van der Waals surface area contributed by atoms with Gasteiger partial charge in [-0.3, -0.25) is 9.59 Å². The molecule has 0 saturated heterocycles. The Morgan fingerprint density at radius 3 is 1.14 bits per heavy atom. The normalized spacial score (nSPS) is 12.6. The molecule has 0 N–H and O–H groups in total. The molecule has 5 nitrogen and oxygen atoms in total. The van der Waals surface area contributed by atoms with Gasteiger partial charge in [0.25, 0.3) is 0 Å². The van der Waals surface area contributed by atoms with E-state index >= 15 is 0 Å². The third kappa shape index (κ3) is 52.2. The topological polar surface area (TPSA) is 61.8 Å².